The molecule has 1 aromatic rings. The largest absolute Gasteiger partial charge is 0.462 e. The molecule has 2 heterocycles. The molecule has 1 atom stereocenters. The molecule has 2 rings (SSSR count). The van der Waals surface area contributed by atoms with E-state index in [2.05, 4.69) is 50.0 Å². The van der Waals surface area contributed by atoms with Crippen molar-refractivity contribution in [2.24, 2.45) is 0 Å². The maximum absolute atomic E-state index is 12.6. The van der Waals surface area contributed by atoms with Gasteiger partial charge < -0.3 is 9.64 Å². The summed E-state index contributed by atoms with van der Waals surface area (Å²) in [6.45, 7) is 19.1. The molecule has 1 aliphatic rings. The van der Waals surface area contributed by atoms with Gasteiger partial charge in [0.2, 0.25) is 0 Å². The van der Waals surface area contributed by atoms with Crippen molar-refractivity contribution in [3.05, 3.63) is 11.4 Å². The highest BCUT2D eigenvalue weighted by Crippen LogP contribution is 2.51. The number of carbonyl (C=O) groups is 1. The summed E-state index contributed by atoms with van der Waals surface area (Å²) >= 11 is 0. The number of hydrogen-bond donors (Lipinski definition) is 0. The number of nitrogens with zero attached hydrogens (tertiary/aromatic N) is 2. The first-order valence-corrected chi connectivity index (χ1v) is 18.2. The summed E-state index contributed by atoms with van der Waals surface area (Å²) in [6.07, 6.45) is 3.67. The number of ether oxygens (including phenoxy) is 1. The first-order chi connectivity index (χ1) is 11.6. The van der Waals surface area contributed by atoms with E-state index in [1.54, 1.807) is 0 Å². The predicted octanol–water partition coefficient (Wildman–Crippen LogP) is 5.53. The second-order valence-electron chi connectivity index (χ2n) is 9.25. The van der Waals surface area contributed by atoms with Crippen LogP contribution in [0.15, 0.2) is 5.80 Å². The molecule has 1 aliphatic heterocycles. The molecule has 0 bridgehead atoms. The van der Waals surface area contributed by atoms with Gasteiger partial charge in [-0.1, -0.05) is 39.3 Å². The Labute approximate surface area is 156 Å². The smallest absolute Gasteiger partial charge is 0.342 e. The highest BCUT2D eigenvalue weighted by atomic mass is 31.1. The van der Waals surface area contributed by atoms with Crippen LogP contribution in [0.1, 0.15) is 41.4 Å². The molecule has 142 valence electrons. The summed E-state index contributed by atoms with van der Waals surface area (Å²) in [4.78, 5) is 15.6. The zero-order valence-electron chi connectivity index (χ0n) is 17.1. The molecule has 7 heteroatoms. The SMILES string of the molecule is CCOC(=O)c1cp(C([Si](C)(C)C)[Si](C)(C)C)nc1N1CCCCC1. The van der Waals surface area contributed by atoms with Gasteiger partial charge >= 0.3 is 5.97 Å². The van der Waals surface area contributed by atoms with Crippen LogP contribution in [0, 0.1) is 0 Å². The van der Waals surface area contributed by atoms with E-state index in [9.17, 15) is 4.79 Å². The van der Waals surface area contributed by atoms with Crippen LogP contribution in [0.3, 0.4) is 0 Å². The third-order valence-electron chi connectivity index (χ3n) is 4.77. The van der Waals surface area contributed by atoms with Crippen LogP contribution in [0.2, 0.25) is 39.3 Å². The lowest BCUT2D eigenvalue weighted by atomic mass is 10.1. The second kappa shape index (κ2) is 7.97. The fraction of sp³-hybridized carbons (Fsp3) is 0.778. The van der Waals surface area contributed by atoms with Crippen LogP contribution in [-0.2, 0) is 4.74 Å². The molecule has 0 spiro atoms. The molecule has 1 saturated heterocycles. The average Bonchev–Trinajstić information content (AvgIpc) is 2.90. The second-order valence-corrected chi connectivity index (χ2v) is 23.2. The van der Waals surface area contributed by atoms with Gasteiger partial charge in [-0.25, -0.2) is 9.54 Å². The molecule has 0 radical (unpaired) electrons. The van der Waals surface area contributed by atoms with E-state index < -0.39 is 23.8 Å². The Morgan fingerprint density at radius 2 is 1.72 bits per heavy atom. The fourth-order valence-electron chi connectivity index (χ4n) is 4.30. The van der Waals surface area contributed by atoms with Crippen LogP contribution >= 0.6 is 7.69 Å². The molecule has 1 aromatic heterocycles. The Morgan fingerprint density at radius 1 is 1.16 bits per heavy atom. The van der Waals surface area contributed by atoms with Gasteiger partial charge in [-0.3, -0.25) is 0 Å². The summed E-state index contributed by atoms with van der Waals surface area (Å²) in [7, 11) is -3.39. The van der Waals surface area contributed by atoms with Crippen molar-refractivity contribution in [1.29, 1.82) is 0 Å². The Kier molecular flexibility index (Phi) is 6.61. The molecule has 25 heavy (non-hydrogen) atoms. The molecule has 1 fully saturated rings. The number of piperidine rings is 1. The molecule has 0 N–H and O–H groups in total. The Hall–Kier alpha value is -0.586. The summed E-state index contributed by atoms with van der Waals surface area (Å²) in [5, 5.41) is 0. The number of carbonyl (C=O) groups excluding carboxylic acids is 1. The molecule has 0 saturated carbocycles. The third-order valence-corrected chi connectivity index (χ3v) is 21.0. The molecule has 0 amide bonds. The van der Waals surface area contributed by atoms with Gasteiger partial charge in [0.1, 0.15) is 11.4 Å². The lowest BCUT2D eigenvalue weighted by Gasteiger charge is -2.37. The minimum absolute atomic E-state index is 0.179. The van der Waals surface area contributed by atoms with E-state index >= 15 is 0 Å². The van der Waals surface area contributed by atoms with Crippen molar-refractivity contribution in [2.45, 2.75) is 70.4 Å². The normalized spacial score (nSPS) is 17.1. The lowest BCUT2D eigenvalue weighted by Crippen LogP contribution is -2.43. The Bertz CT molecular complexity index is 585. The third kappa shape index (κ3) is 4.98. The molecular formula is C18H35N2O2PSi2. The van der Waals surface area contributed by atoms with Crippen LogP contribution in [0.25, 0.3) is 0 Å². The van der Waals surface area contributed by atoms with Crippen molar-refractivity contribution >= 4 is 35.6 Å². The standard InChI is InChI=1S/C18H35N2O2PSi2/c1-8-22-17(21)15-14-23(18(24(2,3)4)25(5,6)7)19-16(15)20-12-10-9-11-13-20/h14,18H,8-13H2,1-7H3. The van der Waals surface area contributed by atoms with E-state index in [-0.39, 0.29) is 5.97 Å². The number of anilines is 1. The number of hydrogen-bond acceptors (Lipinski definition) is 4. The molecule has 4 nitrogen and oxygen atoms in total. The number of aromatic nitrogens is 1. The minimum atomic E-state index is -1.38. The topological polar surface area (TPSA) is 42.4 Å². The first kappa shape index (κ1) is 20.7. The average molecular weight is 399 g/mol. The van der Waals surface area contributed by atoms with Crippen molar-refractivity contribution in [1.82, 2.24) is 4.75 Å². The predicted molar refractivity (Wildman–Crippen MR) is 115 cm³/mol. The van der Waals surface area contributed by atoms with Crippen molar-refractivity contribution < 1.29 is 9.53 Å². The highest BCUT2D eigenvalue weighted by molar-refractivity contribution is 7.53. The zero-order valence-corrected chi connectivity index (χ0v) is 19.9. The first-order valence-electron chi connectivity index (χ1n) is 9.57. The summed E-state index contributed by atoms with van der Waals surface area (Å²) in [5.74, 6) is 2.96. The van der Waals surface area contributed by atoms with Gasteiger partial charge in [0.15, 0.2) is 0 Å². The Balaban J connectivity index is 2.50. The van der Waals surface area contributed by atoms with Gasteiger partial charge in [-0.05, 0) is 39.7 Å². The van der Waals surface area contributed by atoms with Crippen LogP contribution in [0.5, 0.6) is 0 Å². The fourth-order valence-corrected chi connectivity index (χ4v) is 23.1. The summed E-state index contributed by atoms with van der Waals surface area (Å²) < 4.78 is 10.6. The van der Waals surface area contributed by atoms with E-state index in [4.69, 9.17) is 9.48 Å². The van der Waals surface area contributed by atoms with Gasteiger partial charge in [-0.2, -0.15) is 0 Å². The molecule has 0 aliphatic carbocycles. The lowest BCUT2D eigenvalue weighted by molar-refractivity contribution is 0.0527. The van der Waals surface area contributed by atoms with Gasteiger partial charge in [0.05, 0.1) is 22.8 Å². The number of rotatable bonds is 6. The van der Waals surface area contributed by atoms with Crippen molar-refractivity contribution in [3.8, 4) is 0 Å². The van der Waals surface area contributed by atoms with Crippen molar-refractivity contribution in [2.75, 3.05) is 24.6 Å². The summed E-state index contributed by atoms with van der Waals surface area (Å²) in [5.41, 5.74) is 0.747. The van der Waals surface area contributed by atoms with E-state index in [1.165, 1.54) is 19.3 Å². The van der Waals surface area contributed by atoms with Gasteiger partial charge in [-0.15, -0.1) is 0 Å². The maximum Gasteiger partial charge on any atom is 0.342 e. The van der Waals surface area contributed by atoms with Gasteiger partial charge in [0.25, 0.3) is 0 Å². The van der Waals surface area contributed by atoms with Crippen LogP contribution < -0.4 is 4.90 Å². The van der Waals surface area contributed by atoms with E-state index in [0.717, 1.165) is 24.5 Å². The van der Waals surface area contributed by atoms with Gasteiger partial charge in [0, 0.05) is 18.0 Å². The highest BCUT2D eigenvalue weighted by Gasteiger charge is 2.41. The zero-order chi connectivity index (χ0) is 18.8. The van der Waals surface area contributed by atoms with E-state index in [1.807, 2.05) is 6.92 Å². The Morgan fingerprint density at radius 3 is 2.20 bits per heavy atom. The quantitative estimate of drug-likeness (QED) is 0.467. The molecule has 0 aromatic carbocycles. The number of esters is 1. The van der Waals surface area contributed by atoms with E-state index in [0.29, 0.717) is 11.5 Å². The summed E-state index contributed by atoms with van der Waals surface area (Å²) in [6, 6.07) is 0. The molecular weight excluding hydrogens is 363 g/mol. The monoisotopic (exact) mass is 398 g/mol. The molecule has 1 unspecified atom stereocenters. The minimum Gasteiger partial charge on any atom is -0.462 e. The van der Waals surface area contributed by atoms with Crippen molar-refractivity contribution in [3.63, 3.8) is 0 Å². The maximum atomic E-state index is 12.6. The van der Waals surface area contributed by atoms with Crippen LogP contribution in [0.4, 0.5) is 5.82 Å². The van der Waals surface area contributed by atoms with Crippen LogP contribution in [-0.4, -0.2) is 46.6 Å².